The fraction of sp³-hybridized carbons (Fsp3) is 0.385. The van der Waals surface area contributed by atoms with Gasteiger partial charge >= 0.3 is 0 Å². The lowest BCUT2D eigenvalue weighted by Gasteiger charge is -2.16. The largest absolute Gasteiger partial charge is 0.370 e. The Hall–Kier alpha value is -2.35. The molecule has 2 aromatic heterocycles. The van der Waals surface area contributed by atoms with Gasteiger partial charge in [-0.15, -0.1) is 0 Å². The minimum absolute atomic E-state index is 0.0636. The second kappa shape index (κ2) is 5.96. The van der Waals surface area contributed by atoms with Crippen molar-refractivity contribution in [3.63, 3.8) is 0 Å². The van der Waals surface area contributed by atoms with Crippen molar-refractivity contribution in [2.75, 3.05) is 13.2 Å². The van der Waals surface area contributed by atoms with E-state index in [2.05, 4.69) is 25.5 Å². The van der Waals surface area contributed by atoms with E-state index >= 15 is 0 Å². The summed E-state index contributed by atoms with van der Waals surface area (Å²) in [6.45, 7) is 0.948. The number of pyridine rings is 1. The van der Waals surface area contributed by atoms with Crippen molar-refractivity contribution in [1.82, 2.24) is 25.5 Å². The maximum atomic E-state index is 13.5. The molecule has 1 aliphatic heterocycles. The van der Waals surface area contributed by atoms with Gasteiger partial charge in [-0.25, -0.2) is 14.4 Å². The molecule has 2 N–H and O–H groups in total. The van der Waals surface area contributed by atoms with E-state index in [1.165, 1.54) is 24.7 Å². The third kappa shape index (κ3) is 2.89. The Balaban J connectivity index is 1.62. The number of nitrogens with zero attached hydrogens (tertiary/aromatic N) is 3. The summed E-state index contributed by atoms with van der Waals surface area (Å²) in [5, 5.41) is 9.25. The number of hydrogen-bond acceptors (Lipinski definition) is 5. The summed E-state index contributed by atoms with van der Waals surface area (Å²) in [6.07, 6.45) is 3.35. The third-order valence-corrected chi connectivity index (χ3v) is 3.42. The predicted octanol–water partition coefficient (Wildman–Crippen LogP) is 0.846. The molecule has 1 fully saturated rings. The maximum Gasteiger partial charge on any atom is 0.272 e. The summed E-state index contributed by atoms with van der Waals surface area (Å²) in [7, 11) is 0. The highest BCUT2D eigenvalue weighted by Crippen LogP contribution is 2.31. The molecule has 0 saturated carbocycles. The standard InChI is InChI=1S/C13H14FN5O2/c14-9-2-1-4-15-10(9)13(20)16-6-8-3-5-21-11(8)12-17-7-18-19-12/h1-2,4,7-8,11H,3,5-6H2,(H,16,20)(H,17,18,19)/t8-,11-/m0/s1. The number of aromatic nitrogens is 4. The van der Waals surface area contributed by atoms with E-state index < -0.39 is 11.7 Å². The van der Waals surface area contributed by atoms with Gasteiger partial charge in [0.1, 0.15) is 12.4 Å². The Labute approximate surface area is 119 Å². The smallest absolute Gasteiger partial charge is 0.272 e. The van der Waals surface area contributed by atoms with Gasteiger partial charge in [-0.2, -0.15) is 5.10 Å². The Kier molecular flexibility index (Phi) is 3.87. The highest BCUT2D eigenvalue weighted by atomic mass is 19.1. The van der Waals surface area contributed by atoms with Crippen molar-refractivity contribution in [3.8, 4) is 0 Å². The molecule has 1 amide bonds. The van der Waals surface area contributed by atoms with Crippen molar-refractivity contribution in [2.24, 2.45) is 5.92 Å². The van der Waals surface area contributed by atoms with Crippen LogP contribution >= 0.6 is 0 Å². The summed E-state index contributed by atoms with van der Waals surface area (Å²) >= 11 is 0. The Morgan fingerprint density at radius 3 is 3.19 bits per heavy atom. The van der Waals surface area contributed by atoms with Crippen molar-refractivity contribution in [2.45, 2.75) is 12.5 Å². The number of aromatic amines is 1. The first-order valence-corrected chi connectivity index (χ1v) is 6.61. The zero-order valence-electron chi connectivity index (χ0n) is 11.1. The molecule has 21 heavy (non-hydrogen) atoms. The number of H-pyrrole nitrogens is 1. The number of carbonyl (C=O) groups is 1. The van der Waals surface area contributed by atoms with Gasteiger partial charge in [-0.3, -0.25) is 9.89 Å². The van der Waals surface area contributed by atoms with Gasteiger partial charge in [0, 0.05) is 25.3 Å². The summed E-state index contributed by atoms with van der Waals surface area (Å²) in [5.74, 6) is -0.467. The summed E-state index contributed by atoms with van der Waals surface area (Å²) in [5.41, 5.74) is -0.201. The van der Waals surface area contributed by atoms with Crippen LogP contribution in [0.5, 0.6) is 0 Å². The molecular weight excluding hydrogens is 277 g/mol. The number of carbonyl (C=O) groups excluding carboxylic acids is 1. The van der Waals surface area contributed by atoms with E-state index in [9.17, 15) is 9.18 Å². The van der Waals surface area contributed by atoms with E-state index in [1.807, 2.05) is 0 Å². The molecule has 3 rings (SSSR count). The van der Waals surface area contributed by atoms with Crippen molar-refractivity contribution >= 4 is 5.91 Å². The molecule has 2 aromatic rings. The highest BCUT2D eigenvalue weighted by molar-refractivity contribution is 5.92. The van der Waals surface area contributed by atoms with Gasteiger partial charge in [0.15, 0.2) is 17.3 Å². The Morgan fingerprint density at radius 1 is 1.52 bits per heavy atom. The van der Waals surface area contributed by atoms with Gasteiger partial charge in [0.2, 0.25) is 0 Å². The molecule has 3 heterocycles. The van der Waals surface area contributed by atoms with Crippen LogP contribution in [-0.4, -0.2) is 39.2 Å². The Bertz CT molecular complexity index is 619. The minimum Gasteiger partial charge on any atom is -0.370 e. The van der Waals surface area contributed by atoms with E-state index in [0.717, 1.165) is 6.42 Å². The van der Waals surface area contributed by atoms with Crippen molar-refractivity contribution < 1.29 is 13.9 Å². The zero-order valence-corrected chi connectivity index (χ0v) is 11.1. The van der Waals surface area contributed by atoms with Crippen LogP contribution in [0.1, 0.15) is 28.8 Å². The Morgan fingerprint density at radius 2 is 2.43 bits per heavy atom. The van der Waals surface area contributed by atoms with Crippen molar-refractivity contribution in [3.05, 3.63) is 42.0 Å². The summed E-state index contributed by atoms with van der Waals surface area (Å²) in [4.78, 5) is 19.7. The lowest BCUT2D eigenvalue weighted by atomic mass is 10.0. The van der Waals surface area contributed by atoms with Crippen LogP contribution in [0.2, 0.25) is 0 Å². The maximum absolute atomic E-state index is 13.5. The average Bonchev–Trinajstić information content (AvgIpc) is 3.16. The van der Waals surface area contributed by atoms with Crippen LogP contribution in [0.4, 0.5) is 4.39 Å². The molecule has 0 bridgehead atoms. The molecule has 1 aliphatic rings. The number of ether oxygens (including phenoxy) is 1. The predicted molar refractivity (Wildman–Crippen MR) is 69.7 cm³/mol. The lowest BCUT2D eigenvalue weighted by molar-refractivity contribution is 0.0796. The van der Waals surface area contributed by atoms with E-state index in [1.54, 1.807) is 0 Å². The first-order valence-electron chi connectivity index (χ1n) is 6.61. The second-order valence-electron chi connectivity index (χ2n) is 4.75. The molecular formula is C13H14FN5O2. The van der Waals surface area contributed by atoms with Crippen LogP contribution in [-0.2, 0) is 4.74 Å². The third-order valence-electron chi connectivity index (χ3n) is 3.42. The summed E-state index contributed by atoms with van der Waals surface area (Å²) < 4.78 is 19.1. The van der Waals surface area contributed by atoms with Gasteiger partial charge in [0.05, 0.1) is 0 Å². The molecule has 1 saturated heterocycles. The van der Waals surface area contributed by atoms with E-state index in [-0.39, 0.29) is 17.7 Å². The van der Waals surface area contributed by atoms with Gasteiger partial charge in [0.25, 0.3) is 5.91 Å². The zero-order chi connectivity index (χ0) is 14.7. The number of hydrogen-bond donors (Lipinski definition) is 2. The minimum atomic E-state index is -0.635. The van der Waals surface area contributed by atoms with E-state index in [0.29, 0.717) is 19.0 Å². The van der Waals surface area contributed by atoms with Gasteiger partial charge in [-0.05, 0) is 18.6 Å². The van der Waals surface area contributed by atoms with Crippen LogP contribution < -0.4 is 5.32 Å². The molecule has 110 valence electrons. The molecule has 2 atom stereocenters. The van der Waals surface area contributed by atoms with Crippen LogP contribution in [0.15, 0.2) is 24.7 Å². The summed E-state index contributed by atoms with van der Waals surface area (Å²) in [6, 6.07) is 2.65. The van der Waals surface area contributed by atoms with Crippen LogP contribution in [0, 0.1) is 11.7 Å². The van der Waals surface area contributed by atoms with Gasteiger partial charge in [-0.1, -0.05) is 0 Å². The molecule has 0 aromatic carbocycles. The van der Waals surface area contributed by atoms with Crippen LogP contribution in [0.25, 0.3) is 0 Å². The molecule has 8 heteroatoms. The molecule has 0 radical (unpaired) electrons. The molecule has 7 nitrogen and oxygen atoms in total. The number of nitrogens with one attached hydrogen (secondary N) is 2. The second-order valence-corrected chi connectivity index (χ2v) is 4.75. The van der Waals surface area contributed by atoms with Crippen molar-refractivity contribution in [1.29, 1.82) is 0 Å². The fourth-order valence-corrected chi connectivity index (χ4v) is 2.36. The number of halogens is 1. The SMILES string of the molecule is O=C(NC[C@@H]1CCO[C@@H]1c1ncn[nH]1)c1ncccc1F. The molecule has 0 unspecified atom stereocenters. The van der Waals surface area contributed by atoms with E-state index in [4.69, 9.17) is 4.74 Å². The molecule has 0 spiro atoms. The number of rotatable bonds is 4. The lowest BCUT2D eigenvalue weighted by Crippen LogP contribution is -2.31. The first-order chi connectivity index (χ1) is 10.3. The molecule has 0 aliphatic carbocycles. The normalized spacial score (nSPS) is 21.4. The topological polar surface area (TPSA) is 92.8 Å². The fourth-order valence-electron chi connectivity index (χ4n) is 2.36. The quantitative estimate of drug-likeness (QED) is 0.871. The van der Waals surface area contributed by atoms with Gasteiger partial charge < -0.3 is 10.1 Å². The monoisotopic (exact) mass is 291 g/mol. The first kappa shape index (κ1) is 13.6. The highest BCUT2D eigenvalue weighted by Gasteiger charge is 2.32. The number of amides is 1. The average molecular weight is 291 g/mol. The van der Waals surface area contributed by atoms with Crippen LogP contribution in [0.3, 0.4) is 0 Å².